The van der Waals surface area contributed by atoms with Gasteiger partial charge in [-0.2, -0.15) is 0 Å². The second kappa shape index (κ2) is 5.59. The summed E-state index contributed by atoms with van der Waals surface area (Å²) in [6.07, 6.45) is 3.51. The van der Waals surface area contributed by atoms with Crippen LogP contribution in [-0.4, -0.2) is 22.8 Å². The van der Waals surface area contributed by atoms with Crippen LogP contribution in [0.4, 0.5) is 0 Å². The minimum absolute atomic E-state index is 0.0491. The number of carbonyl (C=O) groups is 1. The Labute approximate surface area is 118 Å². The van der Waals surface area contributed by atoms with Crippen molar-refractivity contribution in [2.75, 3.05) is 7.05 Å². The Bertz CT molecular complexity index is 512. The third-order valence-electron chi connectivity index (χ3n) is 2.30. The molecule has 88 valence electrons. The molecule has 2 aromatic rings. The second-order valence-electron chi connectivity index (χ2n) is 3.66. The fourth-order valence-electron chi connectivity index (χ4n) is 1.48. The zero-order valence-electron chi connectivity index (χ0n) is 9.26. The van der Waals surface area contributed by atoms with Crippen molar-refractivity contribution in [3.63, 3.8) is 0 Å². The predicted octanol–water partition coefficient (Wildman–Crippen LogP) is 3.02. The van der Waals surface area contributed by atoms with E-state index in [0.29, 0.717) is 6.54 Å². The van der Waals surface area contributed by atoms with Crippen LogP contribution in [0.2, 0.25) is 0 Å². The van der Waals surface area contributed by atoms with E-state index in [1.165, 1.54) is 0 Å². The lowest BCUT2D eigenvalue weighted by Crippen LogP contribution is -2.25. The first-order chi connectivity index (χ1) is 8.16. The number of halogens is 1. The van der Waals surface area contributed by atoms with E-state index >= 15 is 0 Å². The van der Waals surface area contributed by atoms with Gasteiger partial charge in [-0.05, 0) is 40.3 Å². The van der Waals surface area contributed by atoms with E-state index in [9.17, 15) is 4.79 Å². The van der Waals surface area contributed by atoms with Crippen LogP contribution in [-0.2, 0) is 6.54 Å². The molecule has 0 fully saturated rings. The molecule has 2 heterocycles. The van der Waals surface area contributed by atoms with E-state index in [4.69, 9.17) is 0 Å². The molecule has 17 heavy (non-hydrogen) atoms. The summed E-state index contributed by atoms with van der Waals surface area (Å²) in [5.41, 5.74) is 1.79. The first kappa shape index (κ1) is 12.5. The van der Waals surface area contributed by atoms with Crippen LogP contribution in [0.25, 0.3) is 0 Å². The predicted molar refractivity (Wildman–Crippen MR) is 77.1 cm³/mol. The lowest BCUT2D eigenvalue weighted by atomic mass is 10.2. The Morgan fingerprint density at radius 1 is 1.59 bits per heavy atom. The number of pyridine rings is 1. The van der Waals surface area contributed by atoms with Crippen LogP contribution in [0.1, 0.15) is 15.9 Å². The van der Waals surface area contributed by atoms with Gasteiger partial charge in [-0.1, -0.05) is 6.07 Å². The van der Waals surface area contributed by atoms with Gasteiger partial charge >= 0.3 is 0 Å². The van der Waals surface area contributed by atoms with E-state index in [0.717, 1.165) is 14.0 Å². The molecule has 0 unspecified atom stereocenters. The van der Waals surface area contributed by atoms with Gasteiger partial charge in [0.15, 0.2) is 0 Å². The van der Waals surface area contributed by atoms with Crippen molar-refractivity contribution in [3.8, 4) is 0 Å². The number of hydrogen-bond acceptors (Lipinski definition) is 3. The Kier molecular flexibility index (Phi) is 4.11. The van der Waals surface area contributed by atoms with Crippen LogP contribution in [0, 0.1) is 2.88 Å². The number of carbonyl (C=O) groups excluding carboxylic acids is 1. The van der Waals surface area contributed by atoms with Crippen molar-refractivity contribution in [1.82, 2.24) is 9.88 Å². The molecule has 2 rings (SSSR count). The summed E-state index contributed by atoms with van der Waals surface area (Å²) in [4.78, 5) is 17.8. The largest absolute Gasteiger partial charge is 0.337 e. The molecule has 0 saturated heterocycles. The zero-order chi connectivity index (χ0) is 12.3. The van der Waals surface area contributed by atoms with Gasteiger partial charge in [-0.15, -0.1) is 11.3 Å². The van der Waals surface area contributed by atoms with E-state index in [1.807, 2.05) is 23.6 Å². The van der Waals surface area contributed by atoms with Crippen molar-refractivity contribution < 1.29 is 4.79 Å². The van der Waals surface area contributed by atoms with Gasteiger partial charge in [0.05, 0.1) is 8.45 Å². The summed E-state index contributed by atoms with van der Waals surface area (Å²) in [6.45, 7) is 0.582. The van der Waals surface area contributed by atoms with Gasteiger partial charge in [0.25, 0.3) is 5.91 Å². The first-order valence-electron chi connectivity index (χ1n) is 5.05. The van der Waals surface area contributed by atoms with E-state index in [2.05, 4.69) is 27.6 Å². The molecule has 0 saturated carbocycles. The highest BCUT2D eigenvalue weighted by Crippen LogP contribution is 2.18. The molecular formula is C12H11IN2OS. The fraction of sp³-hybridized carbons (Fsp3) is 0.167. The summed E-state index contributed by atoms with van der Waals surface area (Å²) < 4.78 is 1.13. The lowest BCUT2D eigenvalue weighted by molar-refractivity contribution is 0.0785. The second-order valence-corrected chi connectivity index (χ2v) is 6.47. The molecule has 0 aliphatic heterocycles. The maximum Gasteiger partial charge on any atom is 0.254 e. The Morgan fingerprint density at radius 3 is 3.00 bits per heavy atom. The third kappa shape index (κ3) is 3.26. The first-order valence-corrected chi connectivity index (χ1v) is 7.01. The maximum atomic E-state index is 12.1. The van der Waals surface area contributed by atoms with Gasteiger partial charge in [-0.25, -0.2) is 0 Å². The SMILES string of the molecule is CN(Cc1cccnc1)C(=O)c1csc(I)c1. The molecule has 2 aromatic heterocycles. The van der Waals surface area contributed by atoms with Crippen molar-refractivity contribution in [2.45, 2.75) is 6.54 Å². The Morgan fingerprint density at radius 2 is 2.41 bits per heavy atom. The highest BCUT2D eigenvalue weighted by Gasteiger charge is 2.13. The van der Waals surface area contributed by atoms with Gasteiger partial charge in [0.1, 0.15) is 0 Å². The van der Waals surface area contributed by atoms with Gasteiger partial charge in [0.2, 0.25) is 0 Å². The molecule has 0 N–H and O–H groups in total. The normalized spacial score (nSPS) is 10.2. The number of thiophene rings is 1. The summed E-state index contributed by atoms with van der Waals surface area (Å²) in [6, 6.07) is 5.75. The van der Waals surface area contributed by atoms with Gasteiger partial charge in [0, 0.05) is 31.4 Å². The number of nitrogens with zero attached hydrogens (tertiary/aromatic N) is 2. The van der Waals surface area contributed by atoms with Crippen molar-refractivity contribution in [1.29, 1.82) is 0 Å². The molecule has 1 amide bonds. The van der Waals surface area contributed by atoms with Crippen LogP contribution in [0.3, 0.4) is 0 Å². The Balaban J connectivity index is 2.06. The molecule has 0 spiro atoms. The summed E-state index contributed by atoms with van der Waals surface area (Å²) in [5.74, 6) is 0.0491. The quantitative estimate of drug-likeness (QED) is 0.791. The van der Waals surface area contributed by atoms with Crippen LogP contribution in [0.5, 0.6) is 0 Å². The molecule has 0 aromatic carbocycles. The van der Waals surface area contributed by atoms with E-state index in [-0.39, 0.29) is 5.91 Å². The number of rotatable bonds is 3. The van der Waals surface area contributed by atoms with Gasteiger partial charge < -0.3 is 4.90 Å². The highest BCUT2D eigenvalue weighted by atomic mass is 127. The van der Waals surface area contributed by atoms with E-state index < -0.39 is 0 Å². The smallest absolute Gasteiger partial charge is 0.254 e. The van der Waals surface area contributed by atoms with Crippen molar-refractivity contribution in [3.05, 3.63) is 50.0 Å². The van der Waals surface area contributed by atoms with Crippen molar-refractivity contribution >= 4 is 39.8 Å². The third-order valence-corrected chi connectivity index (χ3v) is 4.09. The average molecular weight is 358 g/mol. The molecule has 0 bridgehead atoms. The number of aromatic nitrogens is 1. The molecular weight excluding hydrogens is 347 g/mol. The summed E-state index contributed by atoms with van der Waals surface area (Å²) >= 11 is 3.80. The summed E-state index contributed by atoms with van der Waals surface area (Å²) in [7, 11) is 1.81. The fourth-order valence-corrected chi connectivity index (χ4v) is 2.80. The molecule has 5 heteroatoms. The number of hydrogen-bond donors (Lipinski definition) is 0. The van der Waals surface area contributed by atoms with Crippen molar-refractivity contribution in [2.24, 2.45) is 0 Å². The average Bonchev–Trinajstić information content (AvgIpc) is 2.76. The minimum atomic E-state index is 0.0491. The van der Waals surface area contributed by atoms with Crippen LogP contribution in [0.15, 0.2) is 36.0 Å². The highest BCUT2D eigenvalue weighted by molar-refractivity contribution is 14.1. The maximum absolute atomic E-state index is 12.1. The standard InChI is InChI=1S/C12H11IN2OS/c1-15(7-9-3-2-4-14-6-9)12(16)10-5-11(13)17-8-10/h2-6,8H,7H2,1H3. The number of amides is 1. The van der Waals surface area contributed by atoms with E-state index in [1.54, 1.807) is 35.7 Å². The lowest BCUT2D eigenvalue weighted by Gasteiger charge is -2.16. The van der Waals surface area contributed by atoms with Gasteiger partial charge in [-0.3, -0.25) is 9.78 Å². The molecule has 0 aliphatic rings. The minimum Gasteiger partial charge on any atom is -0.337 e. The van der Waals surface area contributed by atoms with Crippen LogP contribution < -0.4 is 0 Å². The Hall–Kier alpha value is -0.950. The molecule has 0 radical (unpaired) electrons. The zero-order valence-corrected chi connectivity index (χ0v) is 12.2. The summed E-state index contributed by atoms with van der Waals surface area (Å²) in [5, 5.41) is 1.89. The van der Waals surface area contributed by atoms with Crippen LogP contribution >= 0.6 is 33.9 Å². The molecule has 0 aliphatic carbocycles. The monoisotopic (exact) mass is 358 g/mol. The topological polar surface area (TPSA) is 33.2 Å². The molecule has 3 nitrogen and oxygen atoms in total. The molecule has 0 atom stereocenters.